The second kappa shape index (κ2) is 39.5. The van der Waals surface area contributed by atoms with E-state index < -0.39 is 0 Å². The lowest BCUT2D eigenvalue weighted by atomic mass is 10.1. The summed E-state index contributed by atoms with van der Waals surface area (Å²) in [6.07, 6.45) is 8.35. The maximum Gasteiger partial charge on any atom is 0.166 e. The first-order valence-corrected chi connectivity index (χ1v) is 11.5. The fourth-order valence-corrected chi connectivity index (χ4v) is 2.15. The van der Waals surface area contributed by atoms with Crippen LogP contribution in [0, 0.1) is 0 Å². The van der Waals surface area contributed by atoms with Crippen molar-refractivity contribution in [3.8, 4) is 0 Å². The molecule has 0 radical (unpaired) electrons. The van der Waals surface area contributed by atoms with Crippen molar-refractivity contribution in [1.29, 1.82) is 0 Å². The van der Waals surface area contributed by atoms with E-state index in [2.05, 4.69) is 16.4 Å². The quantitative estimate of drug-likeness (QED) is 0.0644. The van der Waals surface area contributed by atoms with Crippen LogP contribution < -0.4 is 16.4 Å². The molecule has 13 nitrogen and oxygen atoms in total. The van der Waals surface area contributed by atoms with Crippen LogP contribution in [-0.2, 0) is 47.9 Å². The maximum atomic E-state index is 10.2. The average molecular weight is 512 g/mol. The minimum Gasteiger partial charge on any atom is -0.380 e. The van der Waals surface area contributed by atoms with Crippen molar-refractivity contribution in [2.75, 3.05) is 60.7 Å². The summed E-state index contributed by atoms with van der Waals surface area (Å²) in [4.78, 5) is 52.9. The Morgan fingerprint density at radius 3 is 1.94 bits per heavy atom. The highest BCUT2D eigenvalue weighted by molar-refractivity contribution is 5.52. The predicted molar refractivity (Wildman–Crippen MR) is 128 cm³/mol. The summed E-state index contributed by atoms with van der Waals surface area (Å²) in [5.74, 6) is 0. The van der Waals surface area contributed by atoms with Gasteiger partial charge in [-0.3, -0.25) is 14.5 Å². The zero-order valence-electron chi connectivity index (χ0n) is 21.2. The highest BCUT2D eigenvalue weighted by Gasteiger charge is 2.09. The Morgan fingerprint density at radius 1 is 0.714 bits per heavy atom. The van der Waals surface area contributed by atoms with Crippen LogP contribution in [0.2, 0.25) is 0 Å². The van der Waals surface area contributed by atoms with E-state index in [1.54, 1.807) is 14.2 Å². The van der Waals surface area contributed by atoms with Crippen molar-refractivity contribution < 1.29 is 47.9 Å². The van der Waals surface area contributed by atoms with Crippen LogP contribution in [0.1, 0.15) is 51.4 Å². The Kier molecular flexibility index (Phi) is 42.8. The number of carbonyl (C=O) groups is 4. The van der Waals surface area contributed by atoms with E-state index in [1.165, 1.54) is 0 Å². The smallest absolute Gasteiger partial charge is 0.166 e. The Labute approximate surface area is 208 Å². The lowest BCUT2D eigenvalue weighted by Crippen LogP contribution is -2.37. The number of nitrogens with one attached hydrogen (secondary N) is 3. The molecule has 0 saturated heterocycles. The van der Waals surface area contributed by atoms with Crippen molar-refractivity contribution in [1.82, 2.24) is 16.4 Å². The van der Waals surface area contributed by atoms with Crippen LogP contribution in [0.25, 0.3) is 0 Å². The second-order valence-corrected chi connectivity index (χ2v) is 6.70. The highest BCUT2D eigenvalue weighted by atomic mass is 16.8. The van der Waals surface area contributed by atoms with Crippen molar-refractivity contribution in [2.24, 2.45) is 0 Å². The van der Waals surface area contributed by atoms with Gasteiger partial charge in [0.25, 0.3) is 0 Å². The van der Waals surface area contributed by atoms with Gasteiger partial charge in [0.2, 0.25) is 0 Å². The molecule has 0 fully saturated rings. The largest absolute Gasteiger partial charge is 0.380 e. The molecule has 0 aliphatic rings. The fraction of sp³-hybridized carbons (Fsp3) is 0.818. The van der Waals surface area contributed by atoms with Crippen molar-refractivity contribution in [3.63, 3.8) is 0 Å². The Balaban J connectivity index is -0.000000967. The first-order valence-electron chi connectivity index (χ1n) is 11.5. The van der Waals surface area contributed by atoms with Gasteiger partial charge < -0.3 is 33.4 Å². The Morgan fingerprint density at radius 2 is 1.31 bits per heavy atom. The average Bonchev–Trinajstić information content (AvgIpc) is 2.88. The van der Waals surface area contributed by atoms with E-state index >= 15 is 0 Å². The summed E-state index contributed by atoms with van der Waals surface area (Å²) in [6.45, 7) is 5.29. The summed E-state index contributed by atoms with van der Waals surface area (Å²) < 4.78 is 15.0. The molecular weight excluding hydrogens is 466 g/mol. The number of rotatable bonds is 26. The molecule has 0 saturated carbocycles. The highest BCUT2D eigenvalue weighted by Crippen LogP contribution is 2.01. The number of unbranched alkanes of at least 4 members (excludes halogenated alkanes) is 4. The predicted octanol–water partition coefficient (Wildman–Crippen LogP) is 0.662. The number of carbonyl (C=O) groups excluding carboxylic acids is 4. The standard InChI is InChI=1S/C16H35N3O7.C5H8O2.CH2O/c1-21-14-25-17-8-4-3-7-16(19-26-15-22-2)13-24-18-9-12-23-11-6-5-10-20;6-4-2-1-3-5-7;1-2/h10,16-19H,3-9,11-15H2,1-2H3;4-5H,1-3H2;1H2. The fourth-order valence-electron chi connectivity index (χ4n) is 2.15. The number of hydroxylamine groups is 3. The normalized spacial score (nSPS) is 10.9. The number of hydrogen-bond donors (Lipinski definition) is 3. The number of ether oxygens (including phenoxy) is 3. The van der Waals surface area contributed by atoms with Gasteiger partial charge in [-0.2, -0.15) is 11.0 Å². The van der Waals surface area contributed by atoms with Crippen LogP contribution in [-0.4, -0.2) is 92.4 Å². The summed E-state index contributed by atoms with van der Waals surface area (Å²) >= 11 is 0. The first kappa shape index (κ1) is 37.9. The molecule has 0 aliphatic heterocycles. The number of aldehydes is 3. The molecule has 0 aromatic rings. The van der Waals surface area contributed by atoms with Gasteiger partial charge in [0.1, 0.15) is 25.6 Å². The molecule has 0 spiro atoms. The lowest BCUT2D eigenvalue weighted by molar-refractivity contribution is -0.110. The second-order valence-electron chi connectivity index (χ2n) is 6.70. The van der Waals surface area contributed by atoms with Crippen LogP contribution in [0.5, 0.6) is 0 Å². The topological polar surface area (TPSA) is 160 Å². The first-order chi connectivity index (χ1) is 17.3. The monoisotopic (exact) mass is 511 g/mol. The van der Waals surface area contributed by atoms with Crippen LogP contribution in [0.15, 0.2) is 0 Å². The summed E-state index contributed by atoms with van der Waals surface area (Å²) in [7, 11) is 3.14. The summed E-state index contributed by atoms with van der Waals surface area (Å²) in [6, 6.07) is 0.0334. The van der Waals surface area contributed by atoms with Crippen LogP contribution in [0.3, 0.4) is 0 Å². The molecule has 0 rings (SSSR count). The lowest BCUT2D eigenvalue weighted by Gasteiger charge is -2.18. The molecule has 0 aromatic carbocycles. The molecular formula is C22H45N3O10. The molecule has 35 heavy (non-hydrogen) atoms. The molecule has 3 N–H and O–H groups in total. The van der Waals surface area contributed by atoms with Crippen molar-refractivity contribution in [3.05, 3.63) is 0 Å². The Bertz CT molecular complexity index is 415. The SMILES string of the molecule is C=O.COCONCCCCC(CONCCOCCCC=O)NOCOC.O=CCCCC=O. The van der Waals surface area contributed by atoms with Crippen LogP contribution in [0.4, 0.5) is 0 Å². The van der Waals surface area contributed by atoms with E-state index in [-0.39, 0.29) is 19.6 Å². The Hall–Kier alpha value is -1.68. The molecule has 0 aliphatic carbocycles. The van der Waals surface area contributed by atoms with E-state index in [0.29, 0.717) is 52.0 Å². The summed E-state index contributed by atoms with van der Waals surface area (Å²) in [5.41, 5.74) is 8.61. The molecule has 1 atom stereocenters. The van der Waals surface area contributed by atoms with Gasteiger partial charge in [0.05, 0.1) is 19.3 Å². The molecule has 0 amide bonds. The van der Waals surface area contributed by atoms with Gasteiger partial charge in [-0.15, -0.1) is 0 Å². The molecule has 0 aromatic heterocycles. The van der Waals surface area contributed by atoms with Gasteiger partial charge >= 0.3 is 0 Å². The maximum absolute atomic E-state index is 10.2. The number of methoxy groups -OCH3 is 2. The third kappa shape index (κ3) is 39.8. The van der Waals surface area contributed by atoms with E-state index in [4.69, 9.17) is 33.5 Å². The number of hydrogen-bond acceptors (Lipinski definition) is 13. The van der Waals surface area contributed by atoms with E-state index in [9.17, 15) is 14.4 Å². The zero-order valence-corrected chi connectivity index (χ0v) is 21.2. The van der Waals surface area contributed by atoms with Gasteiger partial charge in [-0.05, 0) is 25.7 Å². The van der Waals surface area contributed by atoms with Gasteiger partial charge in [-0.1, -0.05) is 6.42 Å². The molecule has 0 heterocycles. The van der Waals surface area contributed by atoms with Gasteiger partial charge in [0.15, 0.2) is 13.6 Å². The summed E-state index contributed by atoms with van der Waals surface area (Å²) in [5, 5.41) is 0. The van der Waals surface area contributed by atoms with E-state index in [0.717, 1.165) is 51.1 Å². The zero-order chi connectivity index (χ0) is 26.7. The minimum absolute atomic E-state index is 0.0334. The van der Waals surface area contributed by atoms with Gasteiger partial charge in [-0.25, -0.2) is 5.48 Å². The van der Waals surface area contributed by atoms with E-state index in [1.807, 2.05) is 6.79 Å². The third-order valence-electron chi connectivity index (χ3n) is 3.78. The molecule has 0 bridgehead atoms. The third-order valence-corrected chi connectivity index (χ3v) is 3.78. The molecule has 1 unspecified atom stereocenters. The van der Waals surface area contributed by atoms with Crippen molar-refractivity contribution >= 4 is 25.6 Å². The van der Waals surface area contributed by atoms with Crippen molar-refractivity contribution in [2.45, 2.75) is 57.4 Å². The minimum atomic E-state index is 0.0334. The molecule has 208 valence electrons. The molecule has 13 heteroatoms. The van der Waals surface area contributed by atoms with Crippen LogP contribution >= 0.6 is 0 Å². The van der Waals surface area contributed by atoms with Gasteiger partial charge in [0, 0.05) is 53.2 Å².